The van der Waals surface area contributed by atoms with E-state index in [2.05, 4.69) is 40.7 Å². The number of carbonyl (C=O) groups is 2. The Labute approximate surface area is 204 Å². The highest BCUT2D eigenvalue weighted by Crippen LogP contribution is 2.32. The standard InChI is InChI=1S/C19H18ClN3O2S.C6H13N/c1-4-10(2)16(11(3)20)22-18(25)13-7-8-14-15(9-13)26-19(21-14)23-17(24)12-5-6-12;1-7-5-3-2-4-6-7/h4,7-9,12H,1,3,5-6H2,2H3,(H,22,25)(H,21,23,24);2-6H2,1H3/b16-10+;. The van der Waals surface area contributed by atoms with E-state index in [0.717, 1.165) is 28.6 Å². The van der Waals surface area contributed by atoms with E-state index in [4.69, 9.17) is 11.6 Å². The summed E-state index contributed by atoms with van der Waals surface area (Å²) in [4.78, 5) is 31.2. The van der Waals surface area contributed by atoms with Gasteiger partial charge in [0, 0.05) is 11.5 Å². The second kappa shape index (κ2) is 11.6. The Hall–Kier alpha value is -2.48. The van der Waals surface area contributed by atoms with E-state index in [9.17, 15) is 9.59 Å². The lowest BCUT2D eigenvalue weighted by Gasteiger charge is -2.20. The molecule has 2 aliphatic rings. The molecule has 2 N–H and O–H groups in total. The third kappa shape index (κ3) is 7.25. The molecule has 1 saturated carbocycles. The van der Waals surface area contributed by atoms with Gasteiger partial charge in [-0.05, 0) is 76.5 Å². The van der Waals surface area contributed by atoms with Gasteiger partial charge in [0.15, 0.2) is 5.13 Å². The molecular formula is C25H31ClN4O2S. The summed E-state index contributed by atoms with van der Waals surface area (Å²) in [7, 11) is 2.19. The second-order valence-corrected chi connectivity index (χ2v) is 9.94. The third-order valence-electron chi connectivity index (χ3n) is 5.62. The lowest BCUT2D eigenvalue weighted by molar-refractivity contribution is -0.117. The minimum absolute atomic E-state index is 0.0114. The van der Waals surface area contributed by atoms with Crippen molar-refractivity contribution in [1.82, 2.24) is 15.2 Å². The first-order chi connectivity index (χ1) is 15.8. The number of nitrogens with zero attached hydrogens (tertiary/aromatic N) is 2. The number of aromatic nitrogens is 1. The number of hydrogen-bond donors (Lipinski definition) is 2. The number of piperidine rings is 1. The van der Waals surface area contributed by atoms with Crippen molar-refractivity contribution in [3.05, 3.63) is 59.3 Å². The van der Waals surface area contributed by atoms with Crippen LogP contribution in [0.2, 0.25) is 0 Å². The highest BCUT2D eigenvalue weighted by molar-refractivity contribution is 7.22. The Kier molecular flexibility index (Phi) is 8.83. The molecular weight excluding hydrogens is 456 g/mol. The zero-order chi connectivity index (χ0) is 24.0. The topological polar surface area (TPSA) is 74.3 Å². The van der Waals surface area contributed by atoms with E-state index in [0.29, 0.717) is 16.4 Å². The van der Waals surface area contributed by atoms with E-state index in [1.165, 1.54) is 43.7 Å². The fraction of sp³-hybridized carbons (Fsp3) is 0.400. The van der Waals surface area contributed by atoms with Crippen LogP contribution in [-0.2, 0) is 4.79 Å². The molecule has 8 heteroatoms. The Morgan fingerprint density at radius 2 is 1.94 bits per heavy atom. The van der Waals surface area contributed by atoms with Gasteiger partial charge >= 0.3 is 0 Å². The van der Waals surface area contributed by atoms with Crippen molar-refractivity contribution in [3.63, 3.8) is 0 Å². The van der Waals surface area contributed by atoms with Crippen LogP contribution in [0.3, 0.4) is 0 Å². The number of nitrogens with one attached hydrogen (secondary N) is 2. The number of anilines is 1. The minimum atomic E-state index is -0.304. The molecule has 1 saturated heterocycles. The fourth-order valence-corrected chi connectivity index (χ4v) is 4.50. The summed E-state index contributed by atoms with van der Waals surface area (Å²) in [5.74, 6) is -0.176. The Morgan fingerprint density at radius 1 is 1.24 bits per heavy atom. The number of halogens is 1. The van der Waals surface area contributed by atoms with Crippen molar-refractivity contribution >= 4 is 50.1 Å². The number of benzene rings is 1. The van der Waals surface area contributed by atoms with Crippen molar-refractivity contribution in [3.8, 4) is 0 Å². The molecule has 0 bridgehead atoms. The summed E-state index contributed by atoms with van der Waals surface area (Å²) in [6, 6.07) is 5.18. The predicted octanol–water partition coefficient (Wildman–Crippen LogP) is 5.69. The maximum Gasteiger partial charge on any atom is 0.255 e. The fourth-order valence-electron chi connectivity index (χ4n) is 3.39. The molecule has 1 aliphatic heterocycles. The number of rotatable bonds is 6. The quantitative estimate of drug-likeness (QED) is 0.514. The van der Waals surface area contributed by atoms with Crippen LogP contribution in [-0.4, -0.2) is 41.8 Å². The predicted molar refractivity (Wildman–Crippen MR) is 138 cm³/mol. The first-order valence-corrected chi connectivity index (χ1v) is 12.4. The molecule has 0 atom stereocenters. The van der Waals surface area contributed by atoms with Crippen molar-refractivity contribution in [2.45, 2.75) is 39.0 Å². The average Bonchev–Trinajstić information content (AvgIpc) is 3.57. The molecule has 1 aromatic carbocycles. The Bertz CT molecular complexity index is 1080. The largest absolute Gasteiger partial charge is 0.320 e. The van der Waals surface area contributed by atoms with Crippen molar-refractivity contribution in [1.29, 1.82) is 0 Å². The first kappa shape index (κ1) is 25.1. The van der Waals surface area contributed by atoms with Crippen LogP contribution >= 0.6 is 22.9 Å². The summed E-state index contributed by atoms with van der Waals surface area (Å²) in [5, 5.41) is 6.38. The summed E-state index contributed by atoms with van der Waals surface area (Å²) in [5.41, 5.74) is 2.36. The highest BCUT2D eigenvalue weighted by Gasteiger charge is 2.30. The number of thiazole rings is 1. The van der Waals surface area contributed by atoms with E-state index >= 15 is 0 Å². The molecule has 33 heavy (non-hydrogen) atoms. The molecule has 6 nitrogen and oxygen atoms in total. The van der Waals surface area contributed by atoms with E-state index < -0.39 is 0 Å². The number of amides is 2. The minimum Gasteiger partial charge on any atom is -0.320 e. The smallest absolute Gasteiger partial charge is 0.255 e. The molecule has 176 valence electrons. The van der Waals surface area contributed by atoms with Gasteiger partial charge in [0.1, 0.15) is 0 Å². The zero-order valence-corrected chi connectivity index (χ0v) is 20.8. The Balaban J connectivity index is 0.000000374. The van der Waals surface area contributed by atoms with Gasteiger partial charge in [-0.25, -0.2) is 4.98 Å². The lowest BCUT2D eigenvalue weighted by Crippen LogP contribution is -2.24. The molecule has 0 spiro atoms. The van der Waals surface area contributed by atoms with Crippen LogP contribution in [0.5, 0.6) is 0 Å². The maximum atomic E-state index is 12.5. The normalized spacial score (nSPS) is 16.8. The molecule has 2 heterocycles. The third-order valence-corrected chi connectivity index (χ3v) is 6.74. The van der Waals surface area contributed by atoms with Gasteiger partial charge in [0.2, 0.25) is 5.91 Å². The molecule has 1 aromatic heterocycles. The average molecular weight is 487 g/mol. The van der Waals surface area contributed by atoms with E-state index in [1.54, 1.807) is 31.2 Å². The maximum absolute atomic E-state index is 12.5. The molecule has 0 unspecified atom stereocenters. The first-order valence-electron chi connectivity index (χ1n) is 11.2. The summed E-state index contributed by atoms with van der Waals surface area (Å²) in [6.45, 7) is 11.8. The van der Waals surface area contributed by atoms with Crippen LogP contribution in [0.15, 0.2) is 53.7 Å². The Morgan fingerprint density at radius 3 is 2.48 bits per heavy atom. The summed E-state index contributed by atoms with van der Waals surface area (Å²) >= 11 is 7.31. The molecule has 4 rings (SSSR count). The number of hydrogen-bond acceptors (Lipinski definition) is 5. The van der Waals surface area contributed by atoms with Gasteiger partial charge in [-0.1, -0.05) is 48.6 Å². The van der Waals surface area contributed by atoms with Crippen molar-refractivity contribution in [2.75, 3.05) is 25.5 Å². The number of allylic oxidation sites excluding steroid dienone is 3. The second-order valence-electron chi connectivity index (χ2n) is 8.45. The summed E-state index contributed by atoms with van der Waals surface area (Å²) < 4.78 is 0.819. The molecule has 2 amide bonds. The molecule has 0 radical (unpaired) electrons. The lowest BCUT2D eigenvalue weighted by atomic mass is 10.1. The van der Waals surface area contributed by atoms with Gasteiger partial charge in [0.25, 0.3) is 5.91 Å². The highest BCUT2D eigenvalue weighted by atomic mass is 35.5. The van der Waals surface area contributed by atoms with Gasteiger partial charge in [-0.3, -0.25) is 9.59 Å². The van der Waals surface area contributed by atoms with Crippen LogP contribution in [0.1, 0.15) is 49.4 Å². The number of carbonyl (C=O) groups excluding carboxylic acids is 2. The molecule has 2 aromatic rings. The van der Waals surface area contributed by atoms with Gasteiger partial charge in [-0.15, -0.1) is 0 Å². The van der Waals surface area contributed by atoms with E-state index in [-0.39, 0.29) is 22.8 Å². The SMILES string of the molecule is C=C/C(C)=C(/NC(=O)c1ccc2nc(NC(=O)C3CC3)sc2c1)C(=C)Cl.CN1CCCCC1. The van der Waals surface area contributed by atoms with E-state index in [1.807, 2.05) is 0 Å². The van der Waals surface area contributed by atoms with Gasteiger partial charge in [0.05, 0.1) is 20.9 Å². The van der Waals surface area contributed by atoms with Gasteiger partial charge in [-0.2, -0.15) is 0 Å². The number of fused-ring (bicyclic) bond motifs is 1. The summed E-state index contributed by atoms with van der Waals surface area (Å²) in [6.07, 6.45) is 7.75. The van der Waals surface area contributed by atoms with Crippen LogP contribution < -0.4 is 10.6 Å². The number of likely N-dealkylation sites (tertiary alicyclic amines) is 1. The van der Waals surface area contributed by atoms with Gasteiger partial charge < -0.3 is 15.5 Å². The van der Waals surface area contributed by atoms with Crippen LogP contribution in [0, 0.1) is 5.92 Å². The monoisotopic (exact) mass is 486 g/mol. The zero-order valence-electron chi connectivity index (χ0n) is 19.2. The van der Waals surface area contributed by atoms with Crippen LogP contribution in [0.4, 0.5) is 5.13 Å². The van der Waals surface area contributed by atoms with Crippen molar-refractivity contribution < 1.29 is 9.59 Å². The van der Waals surface area contributed by atoms with Crippen molar-refractivity contribution in [2.24, 2.45) is 5.92 Å². The molecule has 2 fully saturated rings. The van der Waals surface area contributed by atoms with Crippen LogP contribution in [0.25, 0.3) is 10.2 Å². The molecule has 1 aliphatic carbocycles.